The van der Waals surface area contributed by atoms with Crippen LogP contribution in [0.4, 0.5) is 8.78 Å². The molecule has 1 aliphatic heterocycles. The smallest absolute Gasteiger partial charge is 0.132 e. The maximum atomic E-state index is 13.8. The molecule has 4 heteroatoms. The normalized spacial score (nSPS) is 25.4. The summed E-state index contributed by atoms with van der Waals surface area (Å²) in [4.78, 5) is 0. The highest BCUT2D eigenvalue weighted by molar-refractivity contribution is 6.31. The van der Waals surface area contributed by atoms with Crippen LogP contribution in [-0.4, -0.2) is 0 Å². The highest BCUT2D eigenvalue weighted by atomic mass is 35.5. The van der Waals surface area contributed by atoms with Crippen molar-refractivity contribution in [3.8, 4) is 0 Å². The lowest BCUT2D eigenvalue weighted by Crippen LogP contribution is -2.07. The Morgan fingerprint density at radius 1 is 1.16 bits per heavy atom. The van der Waals surface area contributed by atoms with Crippen molar-refractivity contribution in [2.45, 2.75) is 18.6 Å². The molecule has 2 aromatic carbocycles. The molecule has 0 aromatic heterocycles. The molecule has 1 nitrogen and oxygen atoms in total. The average molecular weight is 281 g/mol. The van der Waals surface area contributed by atoms with Crippen molar-refractivity contribution in [2.24, 2.45) is 0 Å². The monoisotopic (exact) mass is 280 g/mol. The summed E-state index contributed by atoms with van der Waals surface area (Å²) in [6, 6.07) is 10.8. The molecule has 0 amide bonds. The second-order valence-electron chi connectivity index (χ2n) is 4.75. The Kier molecular flexibility index (Phi) is 2.84. The van der Waals surface area contributed by atoms with E-state index >= 15 is 0 Å². The van der Waals surface area contributed by atoms with E-state index in [4.69, 9.17) is 16.3 Å². The number of hydrogen-bond donors (Lipinski definition) is 0. The Morgan fingerprint density at radius 2 is 1.89 bits per heavy atom. The first-order valence-corrected chi connectivity index (χ1v) is 6.28. The van der Waals surface area contributed by atoms with Crippen LogP contribution in [-0.2, 0) is 10.3 Å². The van der Waals surface area contributed by atoms with Crippen LogP contribution in [0.25, 0.3) is 0 Å². The maximum absolute atomic E-state index is 13.8. The third-order valence-electron chi connectivity index (χ3n) is 3.46. The fourth-order valence-electron chi connectivity index (χ4n) is 2.36. The van der Waals surface area contributed by atoms with E-state index < -0.39 is 17.2 Å². The molecular weight excluding hydrogens is 270 g/mol. The minimum absolute atomic E-state index is 0.304. The fraction of sp³-hybridized carbons (Fsp3) is 0.200. The maximum Gasteiger partial charge on any atom is 0.132 e. The van der Waals surface area contributed by atoms with E-state index in [0.717, 1.165) is 11.6 Å². The van der Waals surface area contributed by atoms with Gasteiger partial charge >= 0.3 is 0 Å². The lowest BCUT2D eigenvalue weighted by atomic mass is 9.93. The van der Waals surface area contributed by atoms with Gasteiger partial charge in [-0.15, -0.1) is 0 Å². The first-order chi connectivity index (χ1) is 9.02. The summed E-state index contributed by atoms with van der Waals surface area (Å²) in [7, 11) is 0. The zero-order valence-electron chi connectivity index (χ0n) is 10.2. The van der Waals surface area contributed by atoms with Crippen LogP contribution < -0.4 is 0 Å². The summed E-state index contributed by atoms with van der Waals surface area (Å²) in [6.45, 7) is 1.78. The number of hydrogen-bond acceptors (Lipinski definition) is 1. The Balaban J connectivity index is 1.98. The van der Waals surface area contributed by atoms with Gasteiger partial charge in [0.15, 0.2) is 0 Å². The second-order valence-corrected chi connectivity index (χ2v) is 5.16. The first kappa shape index (κ1) is 12.6. The van der Waals surface area contributed by atoms with Gasteiger partial charge in [0.05, 0.1) is 0 Å². The third-order valence-corrected chi connectivity index (χ3v) is 3.80. The van der Waals surface area contributed by atoms with Crippen LogP contribution >= 0.6 is 11.6 Å². The number of rotatable bonds is 2. The average Bonchev–Trinajstić information content (AvgIpc) is 3.02. The van der Waals surface area contributed by atoms with Crippen LogP contribution in [0.5, 0.6) is 0 Å². The van der Waals surface area contributed by atoms with Gasteiger partial charge in [-0.1, -0.05) is 35.9 Å². The van der Waals surface area contributed by atoms with Gasteiger partial charge < -0.3 is 4.74 Å². The van der Waals surface area contributed by atoms with Gasteiger partial charge in [0, 0.05) is 22.2 Å². The van der Waals surface area contributed by atoms with Crippen LogP contribution in [0.15, 0.2) is 42.5 Å². The standard InChI is InChI=1S/C15H11ClF2O/c1-15(11-7-6-9(17)8-13(11)18)14(19-15)10-4-2-3-5-12(10)16/h2-8,14H,1H3/t14-,15+/m0/s1. The number of halogens is 3. The van der Waals surface area contributed by atoms with Crippen molar-refractivity contribution in [3.63, 3.8) is 0 Å². The number of ether oxygens (including phenoxy) is 1. The van der Waals surface area contributed by atoms with Crippen molar-refractivity contribution in [3.05, 3.63) is 70.2 Å². The molecule has 0 N–H and O–H groups in total. The van der Waals surface area contributed by atoms with E-state index in [2.05, 4.69) is 0 Å². The van der Waals surface area contributed by atoms with E-state index in [1.807, 2.05) is 18.2 Å². The molecule has 1 saturated heterocycles. The molecule has 1 aliphatic rings. The van der Waals surface area contributed by atoms with Crippen molar-refractivity contribution in [2.75, 3.05) is 0 Å². The van der Waals surface area contributed by atoms with Gasteiger partial charge in [0.25, 0.3) is 0 Å². The fourth-order valence-corrected chi connectivity index (χ4v) is 2.59. The molecule has 0 bridgehead atoms. The predicted molar refractivity (Wildman–Crippen MR) is 69.0 cm³/mol. The van der Waals surface area contributed by atoms with Crippen molar-refractivity contribution < 1.29 is 13.5 Å². The van der Waals surface area contributed by atoms with Crippen LogP contribution in [0.2, 0.25) is 5.02 Å². The largest absolute Gasteiger partial charge is 0.356 e. The van der Waals surface area contributed by atoms with Crippen molar-refractivity contribution in [1.82, 2.24) is 0 Å². The molecule has 1 heterocycles. The Morgan fingerprint density at radius 3 is 2.58 bits per heavy atom. The molecule has 0 unspecified atom stereocenters. The predicted octanol–water partition coefficient (Wildman–Crippen LogP) is 4.60. The minimum Gasteiger partial charge on any atom is -0.356 e. The highest BCUT2D eigenvalue weighted by Crippen LogP contribution is 2.58. The Hall–Kier alpha value is -1.45. The molecule has 0 radical (unpaired) electrons. The number of benzene rings is 2. The molecular formula is C15H11ClF2O. The van der Waals surface area contributed by atoms with Crippen LogP contribution in [0, 0.1) is 11.6 Å². The topological polar surface area (TPSA) is 12.5 Å². The van der Waals surface area contributed by atoms with Gasteiger partial charge in [0.2, 0.25) is 0 Å². The van der Waals surface area contributed by atoms with E-state index in [1.54, 1.807) is 13.0 Å². The molecule has 98 valence electrons. The van der Waals surface area contributed by atoms with E-state index in [-0.39, 0.29) is 6.10 Å². The van der Waals surface area contributed by atoms with E-state index in [9.17, 15) is 8.78 Å². The molecule has 19 heavy (non-hydrogen) atoms. The molecule has 2 atom stereocenters. The summed E-state index contributed by atoms with van der Waals surface area (Å²) in [6.07, 6.45) is -0.304. The molecule has 1 fully saturated rings. The summed E-state index contributed by atoms with van der Waals surface area (Å²) in [5.74, 6) is -1.20. The lowest BCUT2D eigenvalue weighted by Gasteiger charge is -2.09. The zero-order valence-corrected chi connectivity index (χ0v) is 10.9. The molecule has 0 spiro atoms. The summed E-state index contributed by atoms with van der Waals surface area (Å²) < 4.78 is 32.4. The SMILES string of the molecule is C[C@]1(c2ccc(F)cc2F)O[C@H]1c1ccccc1Cl. The molecule has 0 saturated carbocycles. The minimum atomic E-state index is -0.789. The Bertz CT molecular complexity index is 644. The lowest BCUT2D eigenvalue weighted by molar-refractivity contribution is 0.307. The van der Waals surface area contributed by atoms with Crippen LogP contribution in [0.1, 0.15) is 24.2 Å². The van der Waals surface area contributed by atoms with Gasteiger partial charge in [-0.3, -0.25) is 0 Å². The van der Waals surface area contributed by atoms with Crippen LogP contribution in [0.3, 0.4) is 0 Å². The molecule has 0 aliphatic carbocycles. The highest BCUT2D eigenvalue weighted by Gasteiger charge is 2.56. The van der Waals surface area contributed by atoms with Gasteiger partial charge in [-0.05, 0) is 19.1 Å². The Labute approximate surface area is 114 Å². The second kappa shape index (κ2) is 4.29. The van der Waals surface area contributed by atoms with Gasteiger partial charge in [-0.2, -0.15) is 0 Å². The summed E-state index contributed by atoms with van der Waals surface area (Å²) in [5.41, 5.74) is 0.372. The first-order valence-electron chi connectivity index (χ1n) is 5.90. The van der Waals surface area contributed by atoms with E-state index in [0.29, 0.717) is 10.6 Å². The molecule has 3 rings (SSSR count). The van der Waals surface area contributed by atoms with Crippen molar-refractivity contribution >= 4 is 11.6 Å². The van der Waals surface area contributed by atoms with Gasteiger partial charge in [-0.25, -0.2) is 8.78 Å². The third kappa shape index (κ3) is 2.03. The van der Waals surface area contributed by atoms with E-state index in [1.165, 1.54) is 12.1 Å². The number of epoxide rings is 1. The quantitative estimate of drug-likeness (QED) is 0.732. The van der Waals surface area contributed by atoms with Crippen molar-refractivity contribution in [1.29, 1.82) is 0 Å². The summed E-state index contributed by atoms with van der Waals surface area (Å²) >= 11 is 6.11. The zero-order chi connectivity index (χ0) is 13.6. The molecule has 2 aromatic rings. The summed E-state index contributed by atoms with van der Waals surface area (Å²) in [5, 5.41) is 0.582. The van der Waals surface area contributed by atoms with Gasteiger partial charge in [0.1, 0.15) is 23.3 Å².